The van der Waals surface area contributed by atoms with Crippen LogP contribution in [0, 0.1) is 0 Å². The topological polar surface area (TPSA) is 139 Å². The van der Waals surface area contributed by atoms with Gasteiger partial charge in [0.25, 0.3) is 0 Å². The first-order valence-corrected chi connectivity index (χ1v) is 13.1. The minimum Gasteiger partial charge on any atom is -0.351 e. The van der Waals surface area contributed by atoms with Crippen LogP contribution >= 0.6 is 30.3 Å². The molecule has 2 atom stereocenters. The van der Waals surface area contributed by atoms with Crippen LogP contribution in [0.15, 0.2) is 53.9 Å². The minimum atomic E-state index is -3.82. The number of allylic oxidation sites excluding steroid dienone is 1. The average Bonchev–Trinajstić information content (AvgIpc) is 3.10. The Bertz CT molecular complexity index is 1300. The van der Waals surface area contributed by atoms with Crippen LogP contribution in [0.25, 0.3) is 16.2 Å². The highest BCUT2D eigenvalue weighted by Gasteiger charge is 2.35. The van der Waals surface area contributed by atoms with Crippen molar-refractivity contribution >= 4 is 70.0 Å². The molecular formula is C22H21ClN3O5PS. The smallest absolute Gasteiger partial charge is 0.327 e. The highest BCUT2D eigenvalue weighted by atomic mass is 35.5. The lowest BCUT2D eigenvalue weighted by atomic mass is 10.0. The molecule has 0 saturated carbocycles. The maximum absolute atomic E-state index is 13.0. The molecular weight excluding hydrogens is 485 g/mol. The van der Waals surface area contributed by atoms with E-state index in [0.717, 1.165) is 4.70 Å². The number of para-hydroxylation sites is 1. The summed E-state index contributed by atoms with van der Waals surface area (Å²) >= 11 is 7.47. The molecule has 1 heterocycles. The Morgan fingerprint density at radius 3 is 2.67 bits per heavy atom. The van der Waals surface area contributed by atoms with Crippen LogP contribution in [-0.2, 0) is 9.36 Å². The predicted octanol–water partition coefficient (Wildman–Crippen LogP) is 5.37. The van der Waals surface area contributed by atoms with Crippen molar-refractivity contribution in [1.82, 2.24) is 5.32 Å². The van der Waals surface area contributed by atoms with Gasteiger partial charge < -0.3 is 15.9 Å². The highest BCUT2D eigenvalue weighted by Crippen LogP contribution is 2.55. The molecule has 8 nitrogen and oxygen atoms in total. The summed E-state index contributed by atoms with van der Waals surface area (Å²) in [5.74, 6) is -0.420. The number of ketones is 1. The van der Waals surface area contributed by atoms with Gasteiger partial charge in [0.1, 0.15) is 5.66 Å². The number of carbonyl (C=O) groups excluding carboxylic acids is 3. The molecule has 2 aromatic carbocycles. The van der Waals surface area contributed by atoms with E-state index in [4.69, 9.17) is 17.3 Å². The molecule has 0 aliphatic heterocycles. The molecule has 0 bridgehead atoms. The zero-order valence-corrected chi connectivity index (χ0v) is 19.9. The number of benzene rings is 2. The van der Waals surface area contributed by atoms with Gasteiger partial charge in [-0.3, -0.25) is 14.7 Å². The number of anilines is 1. The van der Waals surface area contributed by atoms with Crippen LogP contribution in [-0.4, -0.2) is 29.4 Å². The second-order valence-electron chi connectivity index (χ2n) is 7.28. The van der Waals surface area contributed by atoms with E-state index in [0.29, 0.717) is 27.2 Å². The first-order chi connectivity index (χ1) is 15.6. The standard InChI is InChI=1S/C22H21ClN3O5PS/c1-32(30,31)20(16-12-33-19-10-9-14(23)11-15(16)19)18(27)8-4-6-13-5-2-3-7-17(13)25-22(29)26-21(24)28/h2-7,9-12,20H,8H2,1H3,(H,30,31)(H4,24,25,26,28,29)/b6-4+. The lowest BCUT2D eigenvalue weighted by Crippen LogP contribution is -2.38. The third-order valence-electron chi connectivity index (χ3n) is 4.71. The van der Waals surface area contributed by atoms with Crippen molar-refractivity contribution in [3.63, 3.8) is 0 Å². The maximum Gasteiger partial charge on any atom is 0.327 e. The fourth-order valence-electron chi connectivity index (χ4n) is 3.37. The van der Waals surface area contributed by atoms with E-state index in [-0.39, 0.29) is 6.42 Å². The summed E-state index contributed by atoms with van der Waals surface area (Å²) in [7, 11) is -3.82. The summed E-state index contributed by atoms with van der Waals surface area (Å²) in [5, 5.41) is 7.27. The Balaban J connectivity index is 1.82. The number of thiophene rings is 1. The van der Waals surface area contributed by atoms with E-state index >= 15 is 0 Å². The van der Waals surface area contributed by atoms with Crippen molar-refractivity contribution < 1.29 is 23.8 Å². The second-order valence-corrected chi connectivity index (χ2v) is 11.0. The third-order valence-corrected chi connectivity index (χ3v) is 7.45. The molecule has 11 heteroatoms. The number of nitrogens with two attached hydrogens (primary N) is 1. The number of fused-ring (bicyclic) bond motifs is 1. The average molecular weight is 506 g/mol. The number of hydrogen-bond acceptors (Lipinski definition) is 5. The number of amides is 4. The van der Waals surface area contributed by atoms with Crippen molar-refractivity contribution in [1.29, 1.82) is 0 Å². The molecule has 1 aromatic heterocycles. The Morgan fingerprint density at radius 1 is 1.24 bits per heavy atom. The maximum atomic E-state index is 13.0. The van der Waals surface area contributed by atoms with Crippen molar-refractivity contribution in [3.8, 4) is 0 Å². The second kappa shape index (κ2) is 10.3. The van der Waals surface area contributed by atoms with Gasteiger partial charge in [-0.2, -0.15) is 0 Å². The summed E-state index contributed by atoms with van der Waals surface area (Å²) in [5.41, 5.74) is 5.18. The summed E-state index contributed by atoms with van der Waals surface area (Å²) < 4.78 is 13.5. The number of nitrogens with one attached hydrogen (secondary N) is 2. The molecule has 0 aliphatic rings. The zero-order chi connectivity index (χ0) is 24.2. The van der Waals surface area contributed by atoms with Gasteiger partial charge >= 0.3 is 12.1 Å². The van der Waals surface area contributed by atoms with Crippen LogP contribution in [0.2, 0.25) is 5.02 Å². The number of hydrogen-bond donors (Lipinski definition) is 4. The summed E-state index contributed by atoms with van der Waals surface area (Å²) in [6.45, 7) is 1.17. The number of halogens is 1. The lowest BCUT2D eigenvalue weighted by molar-refractivity contribution is -0.118. The minimum absolute atomic E-state index is 0.108. The first-order valence-electron chi connectivity index (χ1n) is 9.68. The number of imide groups is 1. The van der Waals surface area contributed by atoms with Gasteiger partial charge in [0.15, 0.2) is 5.78 Å². The Labute approximate surface area is 198 Å². The van der Waals surface area contributed by atoms with Gasteiger partial charge in [0, 0.05) is 28.5 Å². The van der Waals surface area contributed by atoms with Crippen molar-refractivity contribution in [2.45, 2.75) is 12.1 Å². The number of urea groups is 2. The van der Waals surface area contributed by atoms with Crippen molar-refractivity contribution in [3.05, 3.63) is 70.1 Å². The van der Waals surface area contributed by atoms with Crippen LogP contribution in [0.4, 0.5) is 15.3 Å². The van der Waals surface area contributed by atoms with E-state index < -0.39 is 30.9 Å². The van der Waals surface area contributed by atoms with Crippen LogP contribution in [0.1, 0.15) is 23.2 Å². The summed E-state index contributed by atoms with van der Waals surface area (Å²) in [4.78, 5) is 46.0. The molecule has 0 radical (unpaired) electrons. The van der Waals surface area contributed by atoms with Gasteiger partial charge in [-0.25, -0.2) is 9.59 Å². The van der Waals surface area contributed by atoms with Gasteiger partial charge in [-0.05, 0) is 46.2 Å². The van der Waals surface area contributed by atoms with Crippen LogP contribution < -0.4 is 16.4 Å². The molecule has 3 aromatic rings. The molecule has 0 aliphatic carbocycles. The molecule has 33 heavy (non-hydrogen) atoms. The zero-order valence-electron chi connectivity index (χ0n) is 17.4. The normalized spacial score (nSPS) is 14.0. The van der Waals surface area contributed by atoms with E-state index in [2.05, 4.69) is 5.32 Å². The Morgan fingerprint density at radius 2 is 1.97 bits per heavy atom. The number of primary amides is 1. The fourth-order valence-corrected chi connectivity index (χ4v) is 5.98. The van der Waals surface area contributed by atoms with Gasteiger partial charge in [-0.1, -0.05) is 42.0 Å². The van der Waals surface area contributed by atoms with E-state index in [1.165, 1.54) is 18.0 Å². The highest BCUT2D eigenvalue weighted by molar-refractivity contribution is 7.58. The molecule has 172 valence electrons. The van der Waals surface area contributed by atoms with Crippen LogP contribution in [0.5, 0.6) is 0 Å². The molecule has 4 amide bonds. The Hall–Kier alpha value is -2.97. The summed E-state index contributed by atoms with van der Waals surface area (Å²) in [6.07, 6.45) is 3.05. The number of Topliss-reactive ketones (excluding diaryl/α,β-unsaturated/α-hetero) is 1. The summed E-state index contributed by atoms with van der Waals surface area (Å²) in [6, 6.07) is 10.2. The molecule has 3 rings (SSSR count). The molecule has 0 saturated heterocycles. The molecule has 5 N–H and O–H groups in total. The molecule has 0 spiro atoms. The number of carbonyl (C=O) groups is 3. The largest absolute Gasteiger partial charge is 0.351 e. The van der Waals surface area contributed by atoms with Gasteiger partial charge in [-0.15, -0.1) is 11.3 Å². The third kappa shape index (κ3) is 6.30. The fraction of sp³-hybridized carbons (Fsp3) is 0.136. The van der Waals surface area contributed by atoms with Crippen molar-refractivity contribution in [2.24, 2.45) is 5.73 Å². The van der Waals surface area contributed by atoms with E-state index in [9.17, 15) is 23.8 Å². The first kappa shape index (κ1) is 24.7. The quantitative estimate of drug-likeness (QED) is 0.320. The van der Waals surface area contributed by atoms with Crippen molar-refractivity contribution in [2.75, 3.05) is 12.0 Å². The Kier molecular flexibility index (Phi) is 7.71. The van der Waals surface area contributed by atoms with Crippen LogP contribution in [0.3, 0.4) is 0 Å². The van der Waals surface area contributed by atoms with Gasteiger partial charge in [0.05, 0.1) is 0 Å². The van der Waals surface area contributed by atoms with E-state index in [1.54, 1.807) is 53.9 Å². The lowest BCUT2D eigenvalue weighted by Gasteiger charge is -2.18. The predicted molar refractivity (Wildman–Crippen MR) is 132 cm³/mol. The van der Waals surface area contributed by atoms with E-state index in [1.807, 2.05) is 11.4 Å². The molecule has 0 fully saturated rings. The molecule has 2 unspecified atom stereocenters. The number of rotatable bonds is 7. The SMILES string of the molecule is CP(=O)(O)C(C(=O)C/C=C/c1ccccc1NC(=O)NC(N)=O)c1csc2ccc(Cl)cc12. The monoisotopic (exact) mass is 505 g/mol. The van der Waals surface area contributed by atoms with Gasteiger partial charge in [0.2, 0.25) is 7.37 Å².